The first kappa shape index (κ1) is 23.7. The van der Waals surface area contributed by atoms with E-state index in [9.17, 15) is 14.4 Å². The lowest BCUT2D eigenvalue weighted by atomic mass is 10.2. The molecule has 3 rings (SSSR count). The monoisotopic (exact) mass is 472 g/mol. The molecule has 0 aliphatic carbocycles. The molecule has 9 heteroatoms. The van der Waals surface area contributed by atoms with Gasteiger partial charge in [0.15, 0.2) is 11.5 Å². The SMILES string of the molecule is COc1ccccc1OCCC(=O)NCCN1C(=O)SC(=Cc2ccc(SC)cc2)C1=O. The van der Waals surface area contributed by atoms with E-state index in [0.29, 0.717) is 16.4 Å². The summed E-state index contributed by atoms with van der Waals surface area (Å²) >= 11 is 2.54. The van der Waals surface area contributed by atoms with Crippen LogP contribution in [0.15, 0.2) is 58.3 Å². The van der Waals surface area contributed by atoms with Gasteiger partial charge >= 0.3 is 0 Å². The molecule has 32 heavy (non-hydrogen) atoms. The van der Waals surface area contributed by atoms with Gasteiger partial charge in [0, 0.05) is 18.0 Å². The summed E-state index contributed by atoms with van der Waals surface area (Å²) in [6, 6.07) is 14.9. The van der Waals surface area contributed by atoms with Crippen LogP contribution in [-0.2, 0) is 9.59 Å². The molecule has 1 N–H and O–H groups in total. The van der Waals surface area contributed by atoms with Crippen molar-refractivity contribution in [2.45, 2.75) is 11.3 Å². The van der Waals surface area contributed by atoms with Gasteiger partial charge in [0.1, 0.15) is 0 Å². The van der Waals surface area contributed by atoms with Gasteiger partial charge in [-0.1, -0.05) is 24.3 Å². The molecule has 2 aromatic rings. The number of carbonyl (C=O) groups is 3. The number of amides is 3. The molecule has 168 valence electrons. The standard InChI is InChI=1S/C23H24N2O5S2/c1-29-18-5-3-4-6-19(18)30-14-11-21(26)24-12-13-25-22(27)20(32-23(25)28)15-16-7-9-17(31-2)10-8-16/h3-10,15H,11-14H2,1-2H3,(H,24,26). The van der Waals surface area contributed by atoms with Crippen molar-refractivity contribution in [2.75, 3.05) is 33.1 Å². The normalized spacial score (nSPS) is 14.7. The van der Waals surface area contributed by atoms with Crippen molar-refractivity contribution in [3.63, 3.8) is 0 Å². The number of nitrogens with one attached hydrogen (secondary N) is 1. The Balaban J connectivity index is 1.44. The second-order valence-electron chi connectivity index (χ2n) is 6.71. The Morgan fingerprint density at radius 1 is 1.12 bits per heavy atom. The highest BCUT2D eigenvalue weighted by molar-refractivity contribution is 8.18. The van der Waals surface area contributed by atoms with Gasteiger partial charge in [0.25, 0.3) is 11.1 Å². The lowest BCUT2D eigenvalue weighted by molar-refractivity contribution is -0.124. The van der Waals surface area contributed by atoms with Crippen LogP contribution in [0.2, 0.25) is 0 Å². The molecule has 3 amide bonds. The molecule has 0 bridgehead atoms. The first-order valence-corrected chi connectivity index (χ1v) is 12.0. The Kier molecular flexibility index (Phi) is 8.64. The first-order chi connectivity index (χ1) is 15.5. The van der Waals surface area contributed by atoms with Crippen LogP contribution in [0.25, 0.3) is 6.08 Å². The molecular formula is C23H24N2O5S2. The van der Waals surface area contributed by atoms with E-state index in [-0.39, 0.29) is 43.2 Å². The summed E-state index contributed by atoms with van der Waals surface area (Å²) in [6.07, 6.45) is 3.85. The number of ether oxygens (including phenoxy) is 2. The smallest absolute Gasteiger partial charge is 0.293 e. The maximum absolute atomic E-state index is 12.6. The number of carbonyl (C=O) groups excluding carboxylic acids is 3. The molecule has 7 nitrogen and oxygen atoms in total. The van der Waals surface area contributed by atoms with Crippen LogP contribution in [-0.4, -0.2) is 55.0 Å². The Labute approximate surface area is 195 Å². The zero-order valence-corrected chi connectivity index (χ0v) is 19.5. The maximum Gasteiger partial charge on any atom is 0.293 e. The topological polar surface area (TPSA) is 84.9 Å². The molecule has 1 fully saturated rings. The maximum atomic E-state index is 12.6. The van der Waals surface area contributed by atoms with Gasteiger partial charge < -0.3 is 14.8 Å². The molecule has 1 aliphatic rings. The van der Waals surface area contributed by atoms with E-state index in [0.717, 1.165) is 27.1 Å². The van der Waals surface area contributed by atoms with Gasteiger partial charge in [-0.05, 0) is 53.9 Å². The summed E-state index contributed by atoms with van der Waals surface area (Å²) in [7, 11) is 1.55. The molecule has 0 spiro atoms. The average Bonchev–Trinajstić information content (AvgIpc) is 3.07. The van der Waals surface area contributed by atoms with Crippen molar-refractivity contribution < 1.29 is 23.9 Å². The molecule has 0 radical (unpaired) electrons. The van der Waals surface area contributed by atoms with Gasteiger partial charge in [-0.15, -0.1) is 11.8 Å². The number of nitrogens with zero attached hydrogens (tertiary/aromatic N) is 1. The number of hydrogen-bond donors (Lipinski definition) is 1. The van der Waals surface area contributed by atoms with Crippen LogP contribution >= 0.6 is 23.5 Å². The minimum atomic E-state index is -0.345. The van der Waals surface area contributed by atoms with Gasteiger partial charge in [-0.25, -0.2) is 0 Å². The summed E-state index contributed by atoms with van der Waals surface area (Å²) < 4.78 is 10.8. The van der Waals surface area contributed by atoms with E-state index in [1.165, 1.54) is 0 Å². The van der Waals surface area contributed by atoms with E-state index in [4.69, 9.17) is 9.47 Å². The number of para-hydroxylation sites is 2. The fraction of sp³-hybridized carbons (Fsp3) is 0.261. The largest absolute Gasteiger partial charge is 0.493 e. The second kappa shape index (κ2) is 11.6. The summed E-state index contributed by atoms with van der Waals surface area (Å²) in [5.74, 6) is 0.593. The van der Waals surface area contributed by atoms with E-state index < -0.39 is 0 Å². The van der Waals surface area contributed by atoms with Crippen LogP contribution < -0.4 is 14.8 Å². The highest BCUT2D eigenvalue weighted by atomic mass is 32.2. The third-order valence-corrected chi connectivity index (χ3v) is 6.25. The van der Waals surface area contributed by atoms with E-state index in [2.05, 4.69) is 5.32 Å². The molecular weight excluding hydrogens is 448 g/mol. The van der Waals surface area contributed by atoms with Gasteiger partial charge in [0.2, 0.25) is 5.91 Å². The van der Waals surface area contributed by atoms with Crippen molar-refractivity contribution in [2.24, 2.45) is 0 Å². The van der Waals surface area contributed by atoms with Crippen molar-refractivity contribution in [3.05, 3.63) is 59.0 Å². The van der Waals surface area contributed by atoms with Gasteiger partial charge in [0.05, 0.1) is 25.0 Å². The predicted octanol–water partition coefficient (Wildman–Crippen LogP) is 4.04. The van der Waals surface area contributed by atoms with Crippen LogP contribution in [0.3, 0.4) is 0 Å². The fourth-order valence-corrected chi connectivity index (χ4v) is 4.20. The van der Waals surface area contributed by atoms with Gasteiger partial charge in [-0.2, -0.15) is 0 Å². The fourth-order valence-electron chi connectivity index (χ4n) is 2.93. The van der Waals surface area contributed by atoms with E-state index in [1.54, 1.807) is 37.1 Å². The molecule has 1 aliphatic heterocycles. The molecule has 1 saturated heterocycles. The predicted molar refractivity (Wildman–Crippen MR) is 127 cm³/mol. The van der Waals surface area contributed by atoms with E-state index >= 15 is 0 Å². The minimum absolute atomic E-state index is 0.118. The van der Waals surface area contributed by atoms with Crippen LogP contribution in [0.5, 0.6) is 11.5 Å². The van der Waals surface area contributed by atoms with Crippen molar-refractivity contribution in [3.8, 4) is 11.5 Å². The Bertz CT molecular complexity index is 1010. The van der Waals surface area contributed by atoms with Crippen LogP contribution in [0.4, 0.5) is 4.79 Å². The number of benzene rings is 2. The lowest BCUT2D eigenvalue weighted by Crippen LogP contribution is -2.37. The summed E-state index contributed by atoms with van der Waals surface area (Å²) in [6.45, 7) is 0.486. The third-order valence-electron chi connectivity index (χ3n) is 4.60. The Morgan fingerprint density at radius 3 is 2.53 bits per heavy atom. The number of imide groups is 1. The highest BCUT2D eigenvalue weighted by Gasteiger charge is 2.34. The molecule has 0 aromatic heterocycles. The number of rotatable bonds is 10. The number of hydrogen-bond acceptors (Lipinski definition) is 7. The van der Waals surface area contributed by atoms with Gasteiger partial charge in [-0.3, -0.25) is 19.3 Å². The van der Waals surface area contributed by atoms with Crippen molar-refractivity contribution >= 4 is 46.7 Å². The summed E-state index contributed by atoms with van der Waals surface area (Å²) in [4.78, 5) is 39.5. The molecule has 1 heterocycles. The van der Waals surface area contributed by atoms with Crippen molar-refractivity contribution in [1.29, 1.82) is 0 Å². The molecule has 0 saturated carbocycles. The Hall–Kier alpha value is -2.91. The minimum Gasteiger partial charge on any atom is -0.493 e. The van der Waals surface area contributed by atoms with Crippen LogP contribution in [0, 0.1) is 0 Å². The first-order valence-electron chi connectivity index (χ1n) is 9.93. The zero-order chi connectivity index (χ0) is 22.9. The number of methoxy groups -OCH3 is 1. The number of thioether (sulfide) groups is 2. The Morgan fingerprint density at radius 2 is 1.84 bits per heavy atom. The van der Waals surface area contributed by atoms with E-state index in [1.807, 2.05) is 42.7 Å². The third kappa shape index (κ3) is 6.30. The second-order valence-corrected chi connectivity index (χ2v) is 8.58. The quantitative estimate of drug-likeness (QED) is 0.413. The van der Waals surface area contributed by atoms with Crippen LogP contribution in [0.1, 0.15) is 12.0 Å². The molecule has 2 aromatic carbocycles. The van der Waals surface area contributed by atoms with Crippen molar-refractivity contribution in [1.82, 2.24) is 10.2 Å². The highest BCUT2D eigenvalue weighted by Crippen LogP contribution is 2.32. The molecule has 0 atom stereocenters. The lowest BCUT2D eigenvalue weighted by Gasteiger charge is -2.13. The summed E-state index contributed by atoms with van der Waals surface area (Å²) in [5, 5.41) is 2.38. The summed E-state index contributed by atoms with van der Waals surface area (Å²) in [5.41, 5.74) is 0.858. The molecule has 0 unspecified atom stereocenters. The average molecular weight is 473 g/mol. The zero-order valence-electron chi connectivity index (χ0n) is 17.8.